The van der Waals surface area contributed by atoms with Crippen LogP contribution >= 0.6 is 23.2 Å². The minimum Gasteiger partial charge on any atom is -0.366 e. The molecule has 0 aliphatic rings. The number of amides is 1. The summed E-state index contributed by atoms with van der Waals surface area (Å²) < 4.78 is 1.12. The van der Waals surface area contributed by atoms with Crippen LogP contribution in [0.4, 0.5) is 0 Å². The first-order valence-electron chi connectivity index (χ1n) is 7.61. The highest BCUT2D eigenvalue weighted by Crippen LogP contribution is 2.27. The molecule has 0 spiro atoms. The Morgan fingerprint density at radius 1 is 1.23 bits per heavy atom. The van der Waals surface area contributed by atoms with E-state index in [9.17, 15) is 9.59 Å². The molecule has 0 atom stereocenters. The number of nitrogens with one attached hydrogen (secondary N) is 1. The summed E-state index contributed by atoms with van der Waals surface area (Å²) in [6.45, 7) is 1.72. The van der Waals surface area contributed by atoms with Crippen molar-refractivity contribution in [1.82, 2.24) is 19.5 Å². The Morgan fingerprint density at radius 3 is 2.62 bits per heavy atom. The van der Waals surface area contributed by atoms with Crippen LogP contribution in [0.15, 0.2) is 40.2 Å². The van der Waals surface area contributed by atoms with Crippen molar-refractivity contribution in [3.63, 3.8) is 0 Å². The fourth-order valence-corrected chi connectivity index (χ4v) is 2.57. The van der Waals surface area contributed by atoms with E-state index in [1.807, 2.05) is 0 Å². The summed E-state index contributed by atoms with van der Waals surface area (Å²) in [4.78, 5) is 33.6. The van der Waals surface area contributed by atoms with E-state index < -0.39 is 5.91 Å². The van der Waals surface area contributed by atoms with Crippen molar-refractivity contribution in [2.45, 2.75) is 6.92 Å². The van der Waals surface area contributed by atoms with Gasteiger partial charge in [0.15, 0.2) is 5.65 Å². The second-order valence-electron chi connectivity index (χ2n) is 5.83. The van der Waals surface area contributed by atoms with Crippen LogP contribution in [0.3, 0.4) is 0 Å². The van der Waals surface area contributed by atoms with Crippen LogP contribution in [0.25, 0.3) is 16.9 Å². The Bertz CT molecular complexity index is 1100. The van der Waals surface area contributed by atoms with E-state index in [1.54, 1.807) is 44.1 Å². The summed E-state index contributed by atoms with van der Waals surface area (Å²) in [5.41, 5.74) is 1.23. The molecule has 1 N–H and O–H groups in total. The van der Waals surface area contributed by atoms with E-state index in [4.69, 9.17) is 23.2 Å². The zero-order valence-corrected chi connectivity index (χ0v) is 15.8. The predicted octanol–water partition coefficient (Wildman–Crippen LogP) is 3.12. The smallest absolute Gasteiger partial charge is 0.284 e. The summed E-state index contributed by atoms with van der Waals surface area (Å²) in [7, 11) is 3.57. The summed E-state index contributed by atoms with van der Waals surface area (Å²) >= 11 is 12.0. The number of amidine groups is 1. The molecule has 9 heteroatoms. The number of aromatic amines is 1. The second kappa shape index (κ2) is 6.93. The van der Waals surface area contributed by atoms with E-state index in [-0.39, 0.29) is 16.8 Å². The maximum absolute atomic E-state index is 12.5. The van der Waals surface area contributed by atoms with Gasteiger partial charge in [0.2, 0.25) is 0 Å². The van der Waals surface area contributed by atoms with Gasteiger partial charge in [0, 0.05) is 20.2 Å². The zero-order chi connectivity index (χ0) is 19.0. The standard InChI is InChI=1S/C17H15Cl2N5O2/c1-9(23(2)3)21-17(26)11-8-20-24-15(25)7-14(22-16(11)24)10-4-5-12(18)13(19)6-10/h4-8,22H,1-3H3. The van der Waals surface area contributed by atoms with Crippen LogP contribution in [-0.2, 0) is 0 Å². The normalized spacial score (nSPS) is 11.8. The van der Waals surface area contributed by atoms with Gasteiger partial charge in [-0.15, -0.1) is 0 Å². The van der Waals surface area contributed by atoms with Crippen molar-refractivity contribution in [2.24, 2.45) is 4.99 Å². The second-order valence-corrected chi connectivity index (χ2v) is 6.64. The number of aliphatic imine (C=N–C) groups is 1. The van der Waals surface area contributed by atoms with Crippen molar-refractivity contribution in [2.75, 3.05) is 14.1 Å². The number of rotatable bonds is 2. The van der Waals surface area contributed by atoms with E-state index >= 15 is 0 Å². The highest BCUT2D eigenvalue weighted by atomic mass is 35.5. The largest absolute Gasteiger partial charge is 0.366 e. The van der Waals surface area contributed by atoms with Crippen LogP contribution in [0.5, 0.6) is 0 Å². The van der Waals surface area contributed by atoms with Crippen LogP contribution in [0.2, 0.25) is 10.0 Å². The molecular formula is C17H15Cl2N5O2. The van der Waals surface area contributed by atoms with Gasteiger partial charge in [-0.3, -0.25) is 9.59 Å². The zero-order valence-electron chi connectivity index (χ0n) is 14.2. The molecule has 0 saturated heterocycles. The maximum atomic E-state index is 12.5. The number of H-pyrrole nitrogens is 1. The Balaban J connectivity index is 2.15. The monoisotopic (exact) mass is 391 g/mol. The van der Waals surface area contributed by atoms with Gasteiger partial charge in [-0.25, -0.2) is 0 Å². The lowest BCUT2D eigenvalue weighted by Crippen LogP contribution is -2.20. The molecule has 3 aromatic rings. The number of aromatic nitrogens is 3. The van der Waals surface area contributed by atoms with E-state index in [0.29, 0.717) is 27.1 Å². The predicted molar refractivity (Wildman–Crippen MR) is 102 cm³/mol. The van der Waals surface area contributed by atoms with Crippen molar-refractivity contribution in [1.29, 1.82) is 0 Å². The summed E-state index contributed by atoms with van der Waals surface area (Å²) in [6.07, 6.45) is 1.32. The van der Waals surface area contributed by atoms with Gasteiger partial charge in [0.05, 0.1) is 21.9 Å². The molecule has 0 fully saturated rings. The number of benzene rings is 1. The Labute approximate surface area is 158 Å². The van der Waals surface area contributed by atoms with Crippen LogP contribution in [0.1, 0.15) is 17.3 Å². The molecule has 1 amide bonds. The van der Waals surface area contributed by atoms with Crippen molar-refractivity contribution in [3.05, 3.63) is 56.4 Å². The summed E-state index contributed by atoms with van der Waals surface area (Å²) in [5, 5.41) is 4.75. The molecule has 0 aliphatic heterocycles. The fourth-order valence-electron chi connectivity index (χ4n) is 2.27. The molecular weight excluding hydrogens is 377 g/mol. The third-order valence-corrected chi connectivity index (χ3v) is 4.61. The third-order valence-electron chi connectivity index (χ3n) is 3.87. The first kappa shape index (κ1) is 18.2. The van der Waals surface area contributed by atoms with Crippen LogP contribution in [-0.4, -0.2) is 45.3 Å². The number of hydrogen-bond donors (Lipinski definition) is 1. The van der Waals surface area contributed by atoms with E-state index in [0.717, 1.165) is 4.52 Å². The van der Waals surface area contributed by atoms with Gasteiger partial charge < -0.3 is 9.88 Å². The first-order valence-corrected chi connectivity index (χ1v) is 8.37. The summed E-state index contributed by atoms with van der Waals surface area (Å²) in [6, 6.07) is 6.37. The number of carbonyl (C=O) groups is 1. The molecule has 2 heterocycles. The van der Waals surface area contributed by atoms with Gasteiger partial charge in [0.25, 0.3) is 11.5 Å². The quantitative estimate of drug-likeness (QED) is 0.537. The van der Waals surface area contributed by atoms with E-state index in [1.165, 1.54) is 12.3 Å². The van der Waals surface area contributed by atoms with Crippen molar-refractivity contribution < 1.29 is 4.79 Å². The van der Waals surface area contributed by atoms with Gasteiger partial charge >= 0.3 is 0 Å². The average Bonchev–Trinajstić information content (AvgIpc) is 3.01. The van der Waals surface area contributed by atoms with Gasteiger partial charge in [-0.1, -0.05) is 29.3 Å². The fraction of sp³-hybridized carbons (Fsp3) is 0.176. The Kier molecular flexibility index (Phi) is 4.84. The van der Waals surface area contributed by atoms with Gasteiger partial charge in [-0.05, 0) is 24.6 Å². The molecule has 26 heavy (non-hydrogen) atoms. The van der Waals surface area contributed by atoms with E-state index in [2.05, 4.69) is 15.1 Å². The molecule has 0 unspecified atom stereocenters. The lowest BCUT2D eigenvalue weighted by atomic mass is 10.1. The number of nitrogens with zero attached hydrogens (tertiary/aromatic N) is 4. The van der Waals surface area contributed by atoms with Gasteiger partial charge in [-0.2, -0.15) is 14.6 Å². The Morgan fingerprint density at radius 2 is 1.96 bits per heavy atom. The maximum Gasteiger partial charge on any atom is 0.284 e. The first-order chi connectivity index (χ1) is 12.3. The van der Waals surface area contributed by atoms with Crippen molar-refractivity contribution in [3.8, 4) is 11.3 Å². The highest BCUT2D eigenvalue weighted by Gasteiger charge is 2.16. The third kappa shape index (κ3) is 3.36. The summed E-state index contributed by atoms with van der Waals surface area (Å²) in [5.74, 6) is 0.0467. The van der Waals surface area contributed by atoms with Crippen LogP contribution in [0, 0.1) is 0 Å². The number of hydrogen-bond acceptors (Lipinski definition) is 3. The molecule has 3 rings (SSSR count). The Hall–Kier alpha value is -2.64. The highest BCUT2D eigenvalue weighted by molar-refractivity contribution is 6.42. The van der Waals surface area contributed by atoms with Gasteiger partial charge in [0.1, 0.15) is 11.4 Å². The molecule has 0 radical (unpaired) electrons. The topological polar surface area (TPSA) is 82.8 Å². The number of carbonyl (C=O) groups excluding carboxylic acids is 1. The SMILES string of the molecule is CC(=NC(=O)c1cnn2c(=O)cc(-c3ccc(Cl)c(Cl)c3)[nH]c12)N(C)C. The molecule has 134 valence electrons. The lowest BCUT2D eigenvalue weighted by Gasteiger charge is -2.10. The molecule has 7 nitrogen and oxygen atoms in total. The average molecular weight is 392 g/mol. The molecule has 2 aromatic heterocycles. The molecule has 0 saturated carbocycles. The number of fused-ring (bicyclic) bond motifs is 1. The minimum absolute atomic E-state index is 0.199. The lowest BCUT2D eigenvalue weighted by molar-refractivity contribution is 0.100. The minimum atomic E-state index is -0.492. The molecule has 1 aromatic carbocycles. The van der Waals surface area contributed by atoms with Crippen LogP contribution < -0.4 is 5.56 Å². The molecule has 0 aliphatic carbocycles. The van der Waals surface area contributed by atoms with Crippen molar-refractivity contribution >= 4 is 40.6 Å². The number of halogens is 2. The molecule has 0 bridgehead atoms.